The number of ether oxygens (including phenoxy) is 3. The van der Waals surface area contributed by atoms with Gasteiger partial charge in [0.2, 0.25) is 0 Å². The molecule has 2 aliphatic rings. The van der Waals surface area contributed by atoms with E-state index in [1.807, 2.05) is 24.3 Å². The van der Waals surface area contributed by atoms with Crippen molar-refractivity contribution >= 4 is 0 Å². The smallest absolute Gasteiger partial charge is 0.164 e. The zero-order valence-corrected chi connectivity index (χ0v) is 17.5. The molecular formula is C24H32N2O3. The van der Waals surface area contributed by atoms with Crippen LogP contribution in [0.3, 0.4) is 0 Å². The van der Waals surface area contributed by atoms with Crippen molar-refractivity contribution < 1.29 is 14.2 Å². The van der Waals surface area contributed by atoms with E-state index >= 15 is 0 Å². The van der Waals surface area contributed by atoms with Crippen molar-refractivity contribution in [2.75, 3.05) is 40.4 Å². The molecule has 2 aromatic carbocycles. The van der Waals surface area contributed by atoms with Gasteiger partial charge in [0, 0.05) is 43.9 Å². The van der Waals surface area contributed by atoms with Crippen LogP contribution in [0.2, 0.25) is 0 Å². The van der Waals surface area contributed by atoms with Gasteiger partial charge in [0.05, 0.1) is 14.2 Å². The predicted octanol–water partition coefficient (Wildman–Crippen LogP) is 4.03. The van der Waals surface area contributed by atoms with Crippen LogP contribution in [-0.4, -0.2) is 45.3 Å². The first-order valence-corrected chi connectivity index (χ1v) is 10.7. The summed E-state index contributed by atoms with van der Waals surface area (Å²) in [6, 6.07) is 14.8. The summed E-state index contributed by atoms with van der Waals surface area (Å²) in [6.07, 6.45) is 3.88. The standard InChI is InChI=1S/C24H32N2O3/c1-27-22-15-20(24(19-9-6-10-19)26-13-11-25-12-14-26)21(16-23(22)28-2)29-17-18-7-4-3-5-8-18/h3-5,7-8,15-16,19,24-25H,6,9-14,17H2,1-2H3/t24-/m1/s1. The zero-order valence-electron chi connectivity index (χ0n) is 17.5. The molecule has 1 aliphatic carbocycles. The number of benzene rings is 2. The van der Waals surface area contributed by atoms with Crippen LogP contribution in [0, 0.1) is 5.92 Å². The summed E-state index contributed by atoms with van der Waals surface area (Å²) in [5.41, 5.74) is 2.39. The Hall–Kier alpha value is -2.24. The molecule has 0 aromatic heterocycles. The molecular weight excluding hydrogens is 364 g/mol. The lowest BCUT2D eigenvalue weighted by Crippen LogP contribution is -2.47. The van der Waals surface area contributed by atoms with Gasteiger partial charge in [-0.25, -0.2) is 0 Å². The fourth-order valence-electron chi connectivity index (χ4n) is 4.43. The van der Waals surface area contributed by atoms with Crippen molar-refractivity contribution in [3.63, 3.8) is 0 Å². The average molecular weight is 397 g/mol. The number of rotatable bonds is 8. The first kappa shape index (κ1) is 20.0. The first-order valence-electron chi connectivity index (χ1n) is 10.7. The highest BCUT2D eigenvalue weighted by atomic mass is 16.5. The molecule has 1 saturated carbocycles. The number of piperazine rings is 1. The van der Waals surface area contributed by atoms with Crippen LogP contribution in [0.1, 0.15) is 36.4 Å². The fraction of sp³-hybridized carbons (Fsp3) is 0.500. The van der Waals surface area contributed by atoms with Gasteiger partial charge in [-0.1, -0.05) is 36.8 Å². The maximum atomic E-state index is 6.38. The number of hydrogen-bond acceptors (Lipinski definition) is 5. The second-order valence-corrected chi connectivity index (χ2v) is 7.94. The van der Waals surface area contributed by atoms with Crippen molar-refractivity contribution in [1.29, 1.82) is 0 Å². The summed E-state index contributed by atoms with van der Waals surface area (Å²) in [6.45, 7) is 4.75. The summed E-state index contributed by atoms with van der Waals surface area (Å²) in [5, 5.41) is 3.48. The van der Waals surface area contributed by atoms with Crippen LogP contribution in [0.4, 0.5) is 0 Å². The monoisotopic (exact) mass is 396 g/mol. The molecule has 0 unspecified atom stereocenters. The van der Waals surface area contributed by atoms with E-state index in [9.17, 15) is 0 Å². The Labute approximate surface area is 174 Å². The molecule has 1 aliphatic heterocycles. The molecule has 5 heteroatoms. The Kier molecular flexibility index (Phi) is 6.57. The quantitative estimate of drug-likeness (QED) is 0.730. The molecule has 1 atom stereocenters. The fourth-order valence-corrected chi connectivity index (χ4v) is 4.43. The predicted molar refractivity (Wildman–Crippen MR) is 115 cm³/mol. The third-order valence-electron chi connectivity index (χ3n) is 6.21. The minimum Gasteiger partial charge on any atom is -0.493 e. The van der Waals surface area contributed by atoms with Gasteiger partial charge in [0.15, 0.2) is 11.5 Å². The Balaban J connectivity index is 1.69. The van der Waals surface area contributed by atoms with Crippen LogP contribution in [-0.2, 0) is 6.61 Å². The van der Waals surface area contributed by atoms with Crippen LogP contribution < -0.4 is 19.5 Å². The van der Waals surface area contributed by atoms with Crippen LogP contribution in [0.5, 0.6) is 17.2 Å². The summed E-state index contributed by atoms with van der Waals surface area (Å²) < 4.78 is 17.6. The van der Waals surface area contributed by atoms with Crippen molar-refractivity contribution in [3.05, 3.63) is 53.6 Å². The number of methoxy groups -OCH3 is 2. The minimum absolute atomic E-state index is 0.358. The van der Waals surface area contributed by atoms with Crippen molar-refractivity contribution in [2.24, 2.45) is 5.92 Å². The normalized spacial score (nSPS) is 18.7. The third kappa shape index (κ3) is 4.51. The maximum absolute atomic E-state index is 6.38. The molecule has 4 rings (SSSR count). The first-order chi connectivity index (χ1) is 14.3. The van der Waals surface area contributed by atoms with Gasteiger partial charge < -0.3 is 19.5 Å². The molecule has 0 spiro atoms. The highest BCUT2D eigenvalue weighted by molar-refractivity contribution is 5.52. The molecule has 1 N–H and O–H groups in total. The highest BCUT2D eigenvalue weighted by Crippen LogP contribution is 2.47. The molecule has 0 radical (unpaired) electrons. The summed E-state index contributed by atoms with van der Waals surface area (Å²) in [5.74, 6) is 3.06. The average Bonchev–Trinajstić information content (AvgIpc) is 2.75. The maximum Gasteiger partial charge on any atom is 0.164 e. The Morgan fingerprint density at radius 2 is 1.66 bits per heavy atom. The van der Waals surface area contributed by atoms with Gasteiger partial charge in [0.25, 0.3) is 0 Å². The molecule has 0 bridgehead atoms. The van der Waals surface area contributed by atoms with Crippen molar-refractivity contribution in [2.45, 2.75) is 31.9 Å². The minimum atomic E-state index is 0.358. The van der Waals surface area contributed by atoms with Crippen molar-refractivity contribution in [1.82, 2.24) is 10.2 Å². The van der Waals surface area contributed by atoms with Gasteiger partial charge in [-0.15, -0.1) is 0 Å². The van der Waals surface area contributed by atoms with E-state index in [0.29, 0.717) is 24.3 Å². The van der Waals surface area contributed by atoms with Crippen LogP contribution in [0.15, 0.2) is 42.5 Å². The zero-order chi connectivity index (χ0) is 20.1. The number of hydrogen-bond donors (Lipinski definition) is 1. The lowest BCUT2D eigenvalue weighted by atomic mass is 9.76. The van der Waals surface area contributed by atoms with Gasteiger partial charge in [-0.3, -0.25) is 4.90 Å². The Bertz CT molecular complexity index is 786. The topological polar surface area (TPSA) is 43.0 Å². The SMILES string of the molecule is COc1cc(OCc2ccccc2)c([C@@H](C2CCC2)N2CCNCC2)cc1OC. The molecule has 1 heterocycles. The van der Waals surface area contributed by atoms with E-state index in [1.165, 1.54) is 24.8 Å². The van der Waals surface area contributed by atoms with Gasteiger partial charge in [-0.2, -0.15) is 0 Å². The highest BCUT2D eigenvalue weighted by Gasteiger charge is 2.36. The molecule has 0 amide bonds. The lowest BCUT2D eigenvalue weighted by Gasteiger charge is -2.43. The van der Waals surface area contributed by atoms with Gasteiger partial charge in [-0.05, 0) is 30.4 Å². The van der Waals surface area contributed by atoms with Gasteiger partial charge in [0.1, 0.15) is 12.4 Å². The van der Waals surface area contributed by atoms with Gasteiger partial charge >= 0.3 is 0 Å². The summed E-state index contributed by atoms with van der Waals surface area (Å²) in [7, 11) is 3.38. The molecule has 1 saturated heterocycles. The van der Waals surface area contributed by atoms with E-state index in [2.05, 4.69) is 28.4 Å². The van der Waals surface area contributed by atoms with Crippen LogP contribution >= 0.6 is 0 Å². The third-order valence-corrected chi connectivity index (χ3v) is 6.21. The van der Waals surface area contributed by atoms with E-state index in [-0.39, 0.29) is 0 Å². The second-order valence-electron chi connectivity index (χ2n) is 7.94. The molecule has 29 heavy (non-hydrogen) atoms. The summed E-state index contributed by atoms with van der Waals surface area (Å²) >= 11 is 0. The number of nitrogens with zero attached hydrogens (tertiary/aromatic N) is 1. The Morgan fingerprint density at radius 1 is 0.966 bits per heavy atom. The Morgan fingerprint density at radius 3 is 2.28 bits per heavy atom. The molecule has 5 nitrogen and oxygen atoms in total. The van der Waals surface area contributed by atoms with E-state index in [1.54, 1.807) is 14.2 Å². The molecule has 2 aromatic rings. The number of nitrogens with one attached hydrogen (secondary N) is 1. The van der Waals surface area contributed by atoms with E-state index < -0.39 is 0 Å². The van der Waals surface area contributed by atoms with E-state index in [4.69, 9.17) is 14.2 Å². The largest absolute Gasteiger partial charge is 0.493 e. The molecule has 156 valence electrons. The molecule has 2 fully saturated rings. The second kappa shape index (κ2) is 9.51. The lowest BCUT2D eigenvalue weighted by molar-refractivity contribution is 0.0807. The van der Waals surface area contributed by atoms with Crippen LogP contribution in [0.25, 0.3) is 0 Å². The van der Waals surface area contributed by atoms with Crippen molar-refractivity contribution in [3.8, 4) is 17.2 Å². The summed E-state index contributed by atoms with van der Waals surface area (Å²) in [4.78, 5) is 2.62. The van der Waals surface area contributed by atoms with E-state index in [0.717, 1.165) is 43.2 Å².